The summed E-state index contributed by atoms with van der Waals surface area (Å²) in [5.41, 5.74) is 2.04. The number of hydrogen-bond donors (Lipinski definition) is 1. The molecule has 0 radical (unpaired) electrons. The van der Waals surface area contributed by atoms with Crippen LogP contribution in [0.25, 0.3) is 0 Å². The minimum Gasteiger partial charge on any atom is -0.378 e. The van der Waals surface area contributed by atoms with E-state index in [2.05, 4.69) is 31.5 Å². The molecule has 2 rings (SSSR count). The Bertz CT molecular complexity index is 522. The van der Waals surface area contributed by atoms with Crippen LogP contribution >= 0.6 is 11.8 Å². The summed E-state index contributed by atoms with van der Waals surface area (Å²) in [5, 5.41) is 3.07. The molecule has 0 spiro atoms. The number of thioether (sulfide) groups is 1. The van der Waals surface area contributed by atoms with E-state index in [1.54, 1.807) is 11.8 Å². The van der Waals surface area contributed by atoms with E-state index in [9.17, 15) is 4.79 Å². The normalized spacial score (nSPS) is 18.6. The number of nitrogens with zero attached hydrogens (tertiary/aromatic N) is 1. The monoisotopic (exact) mass is 336 g/mol. The number of anilines is 1. The van der Waals surface area contributed by atoms with E-state index < -0.39 is 0 Å². The highest BCUT2D eigenvalue weighted by Crippen LogP contribution is 2.26. The van der Waals surface area contributed by atoms with E-state index >= 15 is 0 Å². The van der Waals surface area contributed by atoms with Crippen molar-refractivity contribution in [2.45, 2.75) is 50.5 Å². The molecule has 1 atom stereocenters. The molecule has 1 heterocycles. The quantitative estimate of drug-likeness (QED) is 0.803. The fourth-order valence-corrected chi connectivity index (χ4v) is 3.52. The lowest BCUT2D eigenvalue weighted by Crippen LogP contribution is -2.36. The highest BCUT2D eigenvalue weighted by molar-refractivity contribution is 7.98. The van der Waals surface area contributed by atoms with Gasteiger partial charge in [-0.15, -0.1) is 11.8 Å². The summed E-state index contributed by atoms with van der Waals surface area (Å²) < 4.78 is 5.85. The minimum absolute atomic E-state index is 0.00231. The Balaban J connectivity index is 1.93. The van der Waals surface area contributed by atoms with Crippen molar-refractivity contribution >= 4 is 23.5 Å². The summed E-state index contributed by atoms with van der Waals surface area (Å²) in [6, 6.07) is 6.04. The van der Waals surface area contributed by atoms with Crippen molar-refractivity contribution in [3.63, 3.8) is 0 Å². The first-order valence-corrected chi connectivity index (χ1v) is 9.69. The number of carbonyl (C=O) groups excluding carboxylic acids is 1. The van der Waals surface area contributed by atoms with Crippen LogP contribution < -0.4 is 5.32 Å². The average Bonchev–Trinajstić information content (AvgIpc) is 2.80. The number of urea groups is 1. The SMILES string of the molecule is CCCO[C@H]1CCCN(C(=O)Nc2cccc(SC)c2C)CC1. The maximum Gasteiger partial charge on any atom is 0.321 e. The smallest absolute Gasteiger partial charge is 0.321 e. The molecule has 0 unspecified atom stereocenters. The van der Waals surface area contributed by atoms with Crippen molar-refractivity contribution in [1.82, 2.24) is 4.90 Å². The van der Waals surface area contributed by atoms with Crippen LogP contribution in [0.5, 0.6) is 0 Å². The average molecular weight is 337 g/mol. The first-order chi connectivity index (χ1) is 11.2. The molecule has 1 aromatic rings. The number of carbonyl (C=O) groups is 1. The molecule has 0 aliphatic carbocycles. The fourth-order valence-electron chi connectivity index (χ4n) is 2.89. The molecule has 0 aromatic heterocycles. The second kappa shape index (κ2) is 9.18. The lowest BCUT2D eigenvalue weighted by molar-refractivity contribution is 0.0446. The molecule has 5 heteroatoms. The van der Waals surface area contributed by atoms with Gasteiger partial charge >= 0.3 is 6.03 Å². The van der Waals surface area contributed by atoms with Crippen LogP contribution in [0.1, 0.15) is 38.2 Å². The Morgan fingerprint density at radius 1 is 1.39 bits per heavy atom. The Hall–Kier alpha value is -1.20. The third-order valence-electron chi connectivity index (χ3n) is 4.27. The van der Waals surface area contributed by atoms with E-state index in [0.29, 0.717) is 6.10 Å². The number of hydrogen-bond acceptors (Lipinski definition) is 3. The van der Waals surface area contributed by atoms with Gasteiger partial charge in [0, 0.05) is 30.3 Å². The van der Waals surface area contributed by atoms with Gasteiger partial charge in [0.1, 0.15) is 0 Å². The molecule has 128 valence electrons. The van der Waals surface area contributed by atoms with Crippen molar-refractivity contribution in [2.75, 3.05) is 31.3 Å². The van der Waals surface area contributed by atoms with Gasteiger partial charge in [-0.3, -0.25) is 0 Å². The van der Waals surface area contributed by atoms with Crippen LogP contribution in [0.3, 0.4) is 0 Å². The van der Waals surface area contributed by atoms with Crippen molar-refractivity contribution in [3.05, 3.63) is 23.8 Å². The fraction of sp³-hybridized carbons (Fsp3) is 0.611. The number of benzene rings is 1. The Labute approximate surface area is 144 Å². The summed E-state index contributed by atoms with van der Waals surface area (Å²) in [7, 11) is 0. The Morgan fingerprint density at radius 2 is 2.22 bits per heavy atom. The molecule has 0 bridgehead atoms. The predicted octanol–water partition coefficient (Wildman–Crippen LogP) is 4.53. The molecule has 1 aromatic carbocycles. The third-order valence-corrected chi connectivity index (χ3v) is 5.15. The van der Waals surface area contributed by atoms with Gasteiger partial charge in [0.25, 0.3) is 0 Å². The van der Waals surface area contributed by atoms with Crippen LogP contribution in [0, 0.1) is 6.92 Å². The third kappa shape index (κ3) is 5.15. The van der Waals surface area contributed by atoms with Gasteiger partial charge in [0.05, 0.1) is 6.10 Å². The van der Waals surface area contributed by atoms with E-state index in [0.717, 1.165) is 56.6 Å². The molecule has 1 aliphatic heterocycles. The number of amides is 2. The molecular formula is C18H28N2O2S. The predicted molar refractivity (Wildman–Crippen MR) is 97.4 cm³/mol. The Morgan fingerprint density at radius 3 is 2.96 bits per heavy atom. The van der Waals surface area contributed by atoms with Gasteiger partial charge in [0.15, 0.2) is 0 Å². The van der Waals surface area contributed by atoms with Crippen LogP contribution in [0.4, 0.5) is 10.5 Å². The zero-order chi connectivity index (χ0) is 16.7. The summed E-state index contributed by atoms with van der Waals surface area (Å²) in [6.07, 6.45) is 6.38. The highest BCUT2D eigenvalue weighted by Gasteiger charge is 2.21. The van der Waals surface area contributed by atoms with E-state index in [1.807, 2.05) is 17.0 Å². The Kier molecular flexibility index (Phi) is 7.24. The highest BCUT2D eigenvalue weighted by atomic mass is 32.2. The van der Waals surface area contributed by atoms with Gasteiger partial charge in [-0.05, 0) is 56.6 Å². The van der Waals surface area contributed by atoms with Gasteiger partial charge in [-0.1, -0.05) is 13.0 Å². The van der Waals surface area contributed by atoms with Gasteiger partial charge in [-0.25, -0.2) is 4.79 Å². The molecule has 23 heavy (non-hydrogen) atoms. The number of likely N-dealkylation sites (tertiary alicyclic amines) is 1. The second-order valence-electron chi connectivity index (χ2n) is 5.97. The van der Waals surface area contributed by atoms with Crippen LogP contribution in [0.15, 0.2) is 23.1 Å². The minimum atomic E-state index is 0.00231. The van der Waals surface area contributed by atoms with E-state index in [-0.39, 0.29) is 6.03 Å². The van der Waals surface area contributed by atoms with Gasteiger partial charge in [0.2, 0.25) is 0 Å². The van der Waals surface area contributed by atoms with Crippen molar-refractivity contribution in [1.29, 1.82) is 0 Å². The largest absolute Gasteiger partial charge is 0.378 e. The number of nitrogens with one attached hydrogen (secondary N) is 1. The summed E-state index contributed by atoms with van der Waals surface area (Å²) >= 11 is 1.70. The van der Waals surface area contributed by atoms with E-state index in [4.69, 9.17) is 4.74 Å². The molecule has 1 saturated heterocycles. The van der Waals surface area contributed by atoms with Gasteiger partial charge in [-0.2, -0.15) is 0 Å². The zero-order valence-corrected chi connectivity index (χ0v) is 15.2. The topological polar surface area (TPSA) is 41.6 Å². The molecule has 1 fully saturated rings. The lowest BCUT2D eigenvalue weighted by Gasteiger charge is -2.22. The molecular weight excluding hydrogens is 308 g/mol. The van der Waals surface area contributed by atoms with Crippen LogP contribution in [-0.4, -0.2) is 43.0 Å². The molecule has 0 saturated carbocycles. The first kappa shape index (κ1) is 18.1. The van der Waals surface area contributed by atoms with Crippen molar-refractivity contribution in [2.24, 2.45) is 0 Å². The van der Waals surface area contributed by atoms with Crippen molar-refractivity contribution in [3.8, 4) is 0 Å². The maximum atomic E-state index is 12.6. The standard InChI is InChI=1S/C18H28N2O2S/c1-4-13-22-15-7-6-11-20(12-10-15)18(21)19-16-8-5-9-17(23-3)14(16)2/h5,8-9,15H,4,6-7,10-13H2,1-3H3,(H,19,21)/t15-/m0/s1. The molecule has 4 nitrogen and oxygen atoms in total. The lowest BCUT2D eigenvalue weighted by atomic mass is 10.2. The summed E-state index contributed by atoms with van der Waals surface area (Å²) in [4.78, 5) is 15.7. The summed E-state index contributed by atoms with van der Waals surface area (Å²) in [5.74, 6) is 0. The second-order valence-corrected chi connectivity index (χ2v) is 6.82. The maximum absolute atomic E-state index is 12.6. The number of rotatable bonds is 5. The van der Waals surface area contributed by atoms with Crippen LogP contribution in [-0.2, 0) is 4.74 Å². The molecule has 1 aliphatic rings. The summed E-state index contributed by atoms with van der Waals surface area (Å²) in [6.45, 7) is 6.57. The molecule has 2 amide bonds. The zero-order valence-electron chi connectivity index (χ0n) is 14.4. The first-order valence-electron chi connectivity index (χ1n) is 8.46. The van der Waals surface area contributed by atoms with Crippen LogP contribution in [0.2, 0.25) is 0 Å². The van der Waals surface area contributed by atoms with Crippen molar-refractivity contribution < 1.29 is 9.53 Å². The number of ether oxygens (including phenoxy) is 1. The van der Waals surface area contributed by atoms with E-state index in [1.165, 1.54) is 4.90 Å². The van der Waals surface area contributed by atoms with Gasteiger partial charge < -0.3 is 15.0 Å². The molecule has 1 N–H and O–H groups in total.